The van der Waals surface area contributed by atoms with E-state index in [4.69, 9.17) is 14.2 Å². The zero-order valence-corrected chi connectivity index (χ0v) is 34.0. The number of carbonyl (C=O) groups is 2. The number of carbonyl (C=O) groups excluding carboxylic acids is 2. The number of ether oxygens (including phenoxy) is 3. The van der Waals surface area contributed by atoms with Crippen LogP contribution in [0.4, 0.5) is 5.69 Å². The van der Waals surface area contributed by atoms with Gasteiger partial charge in [0.2, 0.25) is 0 Å². The average Bonchev–Trinajstić information content (AvgIpc) is 3.87. The van der Waals surface area contributed by atoms with Crippen molar-refractivity contribution < 1.29 is 34.0 Å². The van der Waals surface area contributed by atoms with Gasteiger partial charge in [-0.3, -0.25) is 14.6 Å². The van der Waals surface area contributed by atoms with Gasteiger partial charge in [-0.15, -0.1) is 0 Å². The maximum Gasteiger partial charge on any atom is 0.340 e. The SMILES string of the molecule is CC[C@]1(O)CC2CN(CCc3c([nH]c4ccccc34)[C@](C(=O)OC)(c3cc4c(cc3OC)N(C)C3C45CCN4CC=C[C@](CC)(C45)[C@@H](C)[C@]3(O)C(=O)OC)C2)C1. The Kier molecular flexibility index (Phi) is 8.61. The third-order valence-electron chi connectivity index (χ3n) is 15.9. The predicted octanol–water partition coefficient (Wildman–Crippen LogP) is 4.70. The molecule has 2 saturated heterocycles. The number of anilines is 1. The largest absolute Gasteiger partial charge is 0.496 e. The van der Waals surface area contributed by atoms with Crippen LogP contribution >= 0.6 is 0 Å². The number of aliphatic hydroxyl groups is 2. The van der Waals surface area contributed by atoms with Gasteiger partial charge in [0, 0.05) is 89.9 Å². The van der Waals surface area contributed by atoms with E-state index in [1.807, 2.05) is 39.1 Å². The van der Waals surface area contributed by atoms with Gasteiger partial charge in [0.15, 0.2) is 5.60 Å². The molecule has 300 valence electrons. The molecule has 2 bridgehead atoms. The van der Waals surface area contributed by atoms with Crippen molar-refractivity contribution in [2.45, 2.75) is 93.4 Å². The molecular weight excluding hydrogens is 709 g/mol. The monoisotopic (exact) mass is 766 g/mol. The highest BCUT2D eigenvalue weighted by molar-refractivity contribution is 5.94. The molecule has 1 aliphatic carbocycles. The first-order valence-electron chi connectivity index (χ1n) is 20.6. The van der Waals surface area contributed by atoms with Crippen molar-refractivity contribution in [3.8, 4) is 5.75 Å². The van der Waals surface area contributed by atoms with E-state index in [0.717, 1.165) is 66.0 Å². The van der Waals surface area contributed by atoms with Crippen LogP contribution in [0.25, 0.3) is 10.9 Å². The van der Waals surface area contributed by atoms with Crippen molar-refractivity contribution in [3.63, 3.8) is 0 Å². The minimum atomic E-state index is -1.85. The van der Waals surface area contributed by atoms with Crippen LogP contribution in [-0.4, -0.2) is 121 Å². The second-order valence-corrected chi connectivity index (χ2v) is 17.9. The molecule has 1 spiro atoms. The number of nitrogens with zero attached hydrogens (tertiary/aromatic N) is 3. The topological polar surface area (TPSA) is 128 Å². The summed E-state index contributed by atoms with van der Waals surface area (Å²) < 4.78 is 17.9. The minimum absolute atomic E-state index is 0.0235. The van der Waals surface area contributed by atoms with Crippen LogP contribution in [0.2, 0.25) is 0 Å². The van der Waals surface area contributed by atoms with Gasteiger partial charge < -0.3 is 34.3 Å². The molecule has 5 unspecified atom stereocenters. The molecule has 3 aromatic rings. The number of H-pyrrole nitrogens is 1. The van der Waals surface area contributed by atoms with Crippen molar-refractivity contribution in [3.05, 3.63) is 70.9 Å². The van der Waals surface area contributed by atoms with E-state index < -0.39 is 45.4 Å². The number of nitrogens with one attached hydrogen (secondary N) is 1. The lowest BCUT2D eigenvalue weighted by Crippen LogP contribution is -2.78. The lowest BCUT2D eigenvalue weighted by atomic mass is 9.45. The summed E-state index contributed by atoms with van der Waals surface area (Å²) in [6, 6.07) is 11.8. The van der Waals surface area contributed by atoms with E-state index in [1.54, 1.807) is 7.11 Å². The Hall–Kier alpha value is -3.90. The third-order valence-corrected chi connectivity index (χ3v) is 15.9. The number of benzene rings is 2. The summed E-state index contributed by atoms with van der Waals surface area (Å²) in [5.74, 6) is -0.979. The van der Waals surface area contributed by atoms with Crippen LogP contribution in [-0.2, 0) is 36.3 Å². The number of methoxy groups -OCH3 is 3. The van der Waals surface area contributed by atoms with Crippen LogP contribution < -0.4 is 9.64 Å². The van der Waals surface area contributed by atoms with Gasteiger partial charge in [-0.05, 0) is 74.2 Å². The van der Waals surface area contributed by atoms with Gasteiger partial charge in [0.05, 0.1) is 33.0 Å². The second kappa shape index (κ2) is 12.8. The first kappa shape index (κ1) is 37.7. The Morgan fingerprint density at radius 2 is 1.73 bits per heavy atom. The van der Waals surface area contributed by atoms with E-state index in [0.29, 0.717) is 50.0 Å². The Labute approximate surface area is 329 Å². The van der Waals surface area contributed by atoms with E-state index in [9.17, 15) is 15.0 Å². The van der Waals surface area contributed by atoms with E-state index in [2.05, 4.69) is 57.0 Å². The van der Waals surface area contributed by atoms with Gasteiger partial charge in [-0.25, -0.2) is 4.79 Å². The number of likely N-dealkylation sites (N-methyl/N-ethyl adjacent to an activating group) is 1. The second-order valence-electron chi connectivity index (χ2n) is 17.9. The molecule has 0 radical (unpaired) electrons. The van der Waals surface area contributed by atoms with Crippen molar-refractivity contribution in [2.24, 2.45) is 17.3 Å². The normalized spacial score (nSPS) is 38.4. The van der Waals surface area contributed by atoms with Gasteiger partial charge >= 0.3 is 11.9 Å². The Balaban J connectivity index is 1.36. The number of aromatic nitrogens is 1. The van der Waals surface area contributed by atoms with Crippen molar-refractivity contribution in [2.75, 3.05) is 66.0 Å². The Morgan fingerprint density at radius 3 is 2.45 bits per heavy atom. The summed E-state index contributed by atoms with van der Waals surface area (Å²) in [5, 5.41) is 26.2. The maximum atomic E-state index is 15.3. The minimum Gasteiger partial charge on any atom is -0.496 e. The lowest BCUT2D eigenvalue weighted by Gasteiger charge is -2.64. The zero-order chi connectivity index (χ0) is 39.6. The summed E-state index contributed by atoms with van der Waals surface area (Å²) >= 11 is 0. The van der Waals surface area contributed by atoms with Crippen LogP contribution in [0, 0.1) is 17.3 Å². The number of hydrogen-bond acceptors (Lipinski definition) is 10. The molecule has 1 aromatic heterocycles. The third kappa shape index (κ3) is 4.60. The molecule has 56 heavy (non-hydrogen) atoms. The fourth-order valence-corrected chi connectivity index (χ4v) is 13.6. The number of para-hydroxylation sites is 1. The Bertz CT molecular complexity index is 2130. The van der Waals surface area contributed by atoms with Gasteiger partial charge in [0.25, 0.3) is 0 Å². The summed E-state index contributed by atoms with van der Waals surface area (Å²) in [4.78, 5) is 40.3. The fraction of sp³-hybridized carbons (Fsp3) is 0.600. The van der Waals surface area contributed by atoms with Crippen molar-refractivity contribution in [1.29, 1.82) is 0 Å². The van der Waals surface area contributed by atoms with Crippen molar-refractivity contribution in [1.82, 2.24) is 14.8 Å². The van der Waals surface area contributed by atoms with Gasteiger partial charge in [-0.1, -0.05) is 51.1 Å². The van der Waals surface area contributed by atoms with E-state index >= 15 is 4.79 Å². The summed E-state index contributed by atoms with van der Waals surface area (Å²) in [5.41, 5.74) is 0.0814. The quantitative estimate of drug-likeness (QED) is 0.240. The molecule has 1 saturated carbocycles. The number of hydrogen-bond donors (Lipinski definition) is 3. The summed E-state index contributed by atoms with van der Waals surface area (Å²) in [6.45, 7) is 9.90. The number of esters is 2. The van der Waals surface area contributed by atoms with E-state index in [1.165, 1.54) is 14.2 Å². The van der Waals surface area contributed by atoms with Gasteiger partial charge in [0.1, 0.15) is 11.2 Å². The molecule has 10 atom stereocenters. The predicted molar refractivity (Wildman–Crippen MR) is 214 cm³/mol. The maximum absolute atomic E-state index is 15.3. The molecule has 2 aromatic carbocycles. The highest BCUT2D eigenvalue weighted by Crippen LogP contribution is 2.69. The lowest BCUT2D eigenvalue weighted by molar-refractivity contribution is -0.197. The van der Waals surface area contributed by atoms with E-state index in [-0.39, 0.29) is 17.9 Å². The summed E-state index contributed by atoms with van der Waals surface area (Å²) in [6.07, 6.45) is 8.16. The smallest absolute Gasteiger partial charge is 0.340 e. The average molecular weight is 767 g/mol. The highest BCUT2D eigenvalue weighted by atomic mass is 16.5. The molecule has 6 heterocycles. The molecule has 0 amide bonds. The molecule has 11 heteroatoms. The first-order valence-corrected chi connectivity index (χ1v) is 20.6. The number of fused-ring (bicyclic) bond motifs is 6. The molecule has 5 aliphatic heterocycles. The molecule has 3 fully saturated rings. The number of aromatic amines is 1. The van der Waals surface area contributed by atoms with Crippen LogP contribution in [0.3, 0.4) is 0 Å². The highest BCUT2D eigenvalue weighted by Gasteiger charge is 2.78. The van der Waals surface area contributed by atoms with Crippen molar-refractivity contribution >= 4 is 28.5 Å². The Morgan fingerprint density at radius 1 is 0.964 bits per heavy atom. The van der Waals surface area contributed by atoms with Crippen LogP contribution in [0.1, 0.15) is 75.3 Å². The summed E-state index contributed by atoms with van der Waals surface area (Å²) in [7, 11) is 6.46. The fourth-order valence-electron chi connectivity index (χ4n) is 13.6. The zero-order valence-electron chi connectivity index (χ0n) is 34.0. The number of rotatable bonds is 6. The molecule has 6 aliphatic rings. The molecule has 3 N–H and O–H groups in total. The molecule has 11 nitrogen and oxygen atoms in total. The first-order chi connectivity index (χ1) is 26.8. The van der Waals surface area contributed by atoms with Gasteiger partial charge in [-0.2, -0.15) is 0 Å². The van der Waals surface area contributed by atoms with Crippen LogP contribution in [0.15, 0.2) is 48.6 Å². The molecular formula is C45H58N4O7. The standard InChI is InChI=1S/C45H58N4O7/c1-8-41(52)23-28-24-44(39(50)55-6,36-30(15-19-48(25-28)26-41)29-13-10-11-14-33(29)46-36)32-21-31-34(22-35(32)54-5)47(4)38-43(31)17-20-49-18-12-16-42(9-2,37(43)49)27(3)45(38,53)40(51)56-7/h10-14,16,21-22,27-28,37-38,46,52-53H,8-9,15,17-20,23-26H2,1-7H3/t27-,28?,37?,38?,41+,42+,43?,44-,45-/m1/s1. The number of piperidine rings is 1. The molecule has 9 rings (SSSR count). The van der Waals surface area contributed by atoms with Crippen LogP contribution in [0.5, 0.6) is 5.75 Å².